The molecule has 0 aromatic heterocycles. The fraction of sp³-hybridized carbons (Fsp3) is 0.818. The molecule has 0 aliphatic carbocycles. The van der Waals surface area contributed by atoms with Crippen molar-refractivity contribution < 1.29 is 14.7 Å². The van der Waals surface area contributed by atoms with Crippen molar-refractivity contribution in [3.63, 3.8) is 0 Å². The molecule has 0 bridgehead atoms. The molecule has 0 rings (SSSR count). The van der Waals surface area contributed by atoms with E-state index in [4.69, 9.17) is 5.11 Å². The smallest absolute Gasteiger partial charge is 0.326 e. The number of carbonyl (C=O) groups excluding carboxylic acids is 1. The quantitative estimate of drug-likeness (QED) is 0.772. The molecule has 1 atom stereocenters. The summed E-state index contributed by atoms with van der Waals surface area (Å²) in [4.78, 5) is 24.2. The molecule has 2 amide bonds. The first kappa shape index (κ1) is 14.7. The summed E-state index contributed by atoms with van der Waals surface area (Å²) in [5.41, 5.74) is -0.515. The van der Waals surface area contributed by atoms with Crippen molar-refractivity contribution >= 4 is 12.0 Å². The van der Waals surface area contributed by atoms with E-state index in [1.165, 1.54) is 4.90 Å². The Kier molecular flexibility index (Phi) is 4.78. The van der Waals surface area contributed by atoms with E-state index in [9.17, 15) is 9.59 Å². The molecule has 0 aliphatic rings. The molecule has 0 saturated heterocycles. The van der Waals surface area contributed by atoms with Crippen molar-refractivity contribution in [3.05, 3.63) is 0 Å². The van der Waals surface area contributed by atoms with Crippen molar-refractivity contribution in [2.75, 3.05) is 7.05 Å². The molecule has 5 heteroatoms. The summed E-state index contributed by atoms with van der Waals surface area (Å²) in [7, 11) is 1.64. The molecule has 0 aliphatic heterocycles. The number of hydrogen-bond donors (Lipinski definition) is 2. The molecule has 0 heterocycles. The monoisotopic (exact) mass is 230 g/mol. The fourth-order valence-electron chi connectivity index (χ4n) is 1.11. The van der Waals surface area contributed by atoms with E-state index in [2.05, 4.69) is 5.32 Å². The number of carboxylic acid groups (broad SMARTS) is 1. The molecule has 1 unspecified atom stereocenters. The van der Waals surface area contributed by atoms with Gasteiger partial charge in [-0.25, -0.2) is 9.59 Å². The van der Waals surface area contributed by atoms with Gasteiger partial charge in [-0.15, -0.1) is 0 Å². The van der Waals surface area contributed by atoms with Crippen LogP contribution in [-0.2, 0) is 4.79 Å². The number of urea groups is 1. The molecule has 0 spiro atoms. The molecule has 94 valence electrons. The highest BCUT2D eigenvalue weighted by molar-refractivity contribution is 5.83. The summed E-state index contributed by atoms with van der Waals surface area (Å²) in [5, 5.41) is 11.6. The predicted molar refractivity (Wildman–Crippen MR) is 62.3 cm³/mol. The lowest BCUT2D eigenvalue weighted by molar-refractivity contribution is -0.142. The average molecular weight is 230 g/mol. The lowest BCUT2D eigenvalue weighted by atomic mass is 9.87. The van der Waals surface area contributed by atoms with Gasteiger partial charge in [0.25, 0.3) is 0 Å². The topological polar surface area (TPSA) is 69.6 Å². The molecule has 2 N–H and O–H groups in total. The van der Waals surface area contributed by atoms with Crippen molar-refractivity contribution in [1.82, 2.24) is 10.2 Å². The van der Waals surface area contributed by atoms with Crippen molar-refractivity contribution in [2.24, 2.45) is 5.41 Å². The number of hydrogen-bond acceptors (Lipinski definition) is 2. The maximum absolute atomic E-state index is 11.7. The number of nitrogens with one attached hydrogen (secondary N) is 1. The zero-order valence-electron chi connectivity index (χ0n) is 10.9. The average Bonchev–Trinajstić information content (AvgIpc) is 2.09. The minimum Gasteiger partial charge on any atom is -0.480 e. The van der Waals surface area contributed by atoms with Gasteiger partial charge in [0, 0.05) is 13.1 Å². The summed E-state index contributed by atoms with van der Waals surface area (Å²) in [6.07, 6.45) is 0. The molecule has 0 fully saturated rings. The van der Waals surface area contributed by atoms with Gasteiger partial charge in [-0.3, -0.25) is 0 Å². The van der Waals surface area contributed by atoms with Gasteiger partial charge < -0.3 is 15.3 Å². The Balaban J connectivity index is 4.67. The fourth-order valence-corrected chi connectivity index (χ4v) is 1.11. The Morgan fingerprint density at radius 1 is 1.25 bits per heavy atom. The van der Waals surface area contributed by atoms with Gasteiger partial charge in [0.05, 0.1) is 0 Å². The zero-order valence-corrected chi connectivity index (χ0v) is 10.9. The van der Waals surface area contributed by atoms with Crippen molar-refractivity contribution in [1.29, 1.82) is 0 Å². The van der Waals surface area contributed by atoms with E-state index in [0.29, 0.717) is 0 Å². The maximum Gasteiger partial charge on any atom is 0.326 e. The van der Waals surface area contributed by atoms with Crippen LogP contribution in [0.2, 0.25) is 0 Å². The van der Waals surface area contributed by atoms with E-state index in [1.54, 1.807) is 27.8 Å². The van der Waals surface area contributed by atoms with E-state index in [0.717, 1.165) is 0 Å². The Hall–Kier alpha value is -1.26. The summed E-state index contributed by atoms with van der Waals surface area (Å²) < 4.78 is 0. The van der Waals surface area contributed by atoms with Crippen molar-refractivity contribution in [3.8, 4) is 0 Å². The molecule has 0 aromatic carbocycles. The van der Waals surface area contributed by atoms with Crippen LogP contribution >= 0.6 is 0 Å². The third kappa shape index (κ3) is 4.08. The predicted octanol–water partition coefficient (Wildman–Crippen LogP) is 1.54. The van der Waals surface area contributed by atoms with Crippen LogP contribution in [0.4, 0.5) is 4.79 Å². The van der Waals surface area contributed by atoms with Crippen LogP contribution in [0.1, 0.15) is 34.6 Å². The Morgan fingerprint density at radius 2 is 1.69 bits per heavy atom. The molecule has 0 saturated carbocycles. The maximum atomic E-state index is 11.7. The van der Waals surface area contributed by atoms with E-state index in [1.807, 2.05) is 13.8 Å². The minimum atomic E-state index is -1.02. The Bertz CT molecular complexity index is 269. The van der Waals surface area contributed by atoms with Crippen LogP contribution in [0.25, 0.3) is 0 Å². The third-order valence-corrected chi connectivity index (χ3v) is 2.48. The van der Waals surface area contributed by atoms with Crippen LogP contribution in [-0.4, -0.2) is 41.1 Å². The summed E-state index contributed by atoms with van der Waals surface area (Å²) >= 11 is 0. The second-order valence-corrected chi connectivity index (χ2v) is 5.29. The molecular formula is C11H22N2O3. The number of carbonyl (C=O) groups is 2. The highest BCUT2D eigenvalue weighted by atomic mass is 16.4. The number of nitrogens with zero attached hydrogens (tertiary/aromatic N) is 1. The van der Waals surface area contributed by atoms with Gasteiger partial charge in [0.2, 0.25) is 0 Å². The first-order valence-electron chi connectivity index (χ1n) is 5.33. The van der Waals surface area contributed by atoms with Crippen LogP contribution in [0.15, 0.2) is 0 Å². The first-order chi connectivity index (χ1) is 7.07. The zero-order chi connectivity index (χ0) is 13.1. The standard InChI is InChI=1S/C11H22N2O3/c1-7(2)13(6)10(16)12-8(9(14)15)11(3,4)5/h7-8H,1-6H3,(H,12,16)(H,14,15). The Morgan fingerprint density at radius 3 is 1.94 bits per heavy atom. The van der Waals surface area contributed by atoms with E-state index >= 15 is 0 Å². The molecule has 0 aromatic rings. The SMILES string of the molecule is CC(C)N(C)C(=O)NC(C(=O)O)C(C)(C)C. The number of amides is 2. The highest BCUT2D eigenvalue weighted by Crippen LogP contribution is 2.19. The van der Waals surface area contributed by atoms with Crippen LogP contribution in [0.3, 0.4) is 0 Å². The van der Waals surface area contributed by atoms with Crippen LogP contribution < -0.4 is 5.32 Å². The lowest BCUT2D eigenvalue weighted by Crippen LogP contribution is -2.53. The molecular weight excluding hydrogens is 208 g/mol. The normalized spacial score (nSPS) is 13.4. The largest absolute Gasteiger partial charge is 0.480 e. The Labute approximate surface area is 96.8 Å². The summed E-state index contributed by atoms with van der Waals surface area (Å²) in [6, 6.07) is -1.21. The highest BCUT2D eigenvalue weighted by Gasteiger charge is 2.33. The van der Waals surface area contributed by atoms with Gasteiger partial charge in [-0.1, -0.05) is 20.8 Å². The first-order valence-corrected chi connectivity index (χ1v) is 5.33. The van der Waals surface area contributed by atoms with E-state index < -0.39 is 17.4 Å². The minimum absolute atomic E-state index is 0.0365. The van der Waals surface area contributed by atoms with Gasteiger partial charge >= 0.3 is 12.0 Å². The number of aliphatic carboxylic acids is 1. The number of carboxylic acids is 1. The van der Waals surface area contributed by atoms with Gasteiger partial charge in [0.1, 0.15) is 6.04 Å². The van der Waals surface area contributed by atoms with Crippen LogP contribution in [0, 0.1) is 5.41 Å². The lowest BCUT2D eigenvalue weighted by Gasteiger charge is -2.31. The molecule has 16 heavy (non-hydrogen) atoms. The van der Waals surface area contributed by atoms with E-state index in [-0.39, 0.29) is 12.1 Å². The second kappa shape index (κ2) is 5.18. The van der Waals surface area contributed by atoms with Crippen LogP contribution in [0.5, 0.6) is 0 Å². The number of rotatable bonds is 3. The second-order valence-electron chi connectivity index (χ2n) is 5.29. The van der Waals surface area contributed by atoms with Gasteiger partial charge in [0.15, 0.2) is 0 Å². The van der Waals surface area contributed by atoms with Crippen molar-refractivity contribution in [2.45, 2.75) is 46.7 Å². The summed E-state index contributed by atoms with van der Waals surface area (Å²) in [6.45, 7) is 9.07. The summed E-state index contributed by atoms with van der Waals surface area (Å²) in [5.74, 6) is -1.02. The molecule has 5 nitrogen and oxygen atoms in total. The van der Waals surface area contributed by atoms with Gasteiger partial charge in [-0.2, -0.15) is 0 Å². The third-order valence-electron chi connectivity index (χ3n) is 2.48. The van der Waals surface area contributed by atoms with Gasteiger partial charge in [-0.05, 0) is 19.3 Å². The molecule has 0 radical (unpaired) electrons.